The Hall–Kier alpha value is -0.160. The van der Waals surface area contributed by atoms with Gasteiger partial charge >= 0.3 is 0 Å². The van der Waals surface area contributed by atoms with E-state index in [1.807, 2.05) is 0 Å². The molecular weight excluding hydrogens is 160 g/mol. The van der Waals surface area contributed by atoms with Gasteiger partial charge in [-0.1, -0.05) is 0 Å². The minimum absolute atomic E-state index is 0.156. The van der Waals surface area contributed by atoms with Gasteiger partial charge < -0.3 is 20.4 Å². The fourth-order valence-electron chi connectivity index (χ4n) is 1.57. The molecule has 2 atom stereocenters. The second kappa shape index (κ2) is 3.30. The Morgan fingerprint density at radius 2 is 1.92 bits per heavy atom. The smallest absolute Gasteiger partial charge is 0.0955 e. The number of hydrogen-bond donors (Lipinski definition) is 4. The van der Waals surface area contributed by atoms with Crippen LogP contribution >= 0.6 is 0 Å². The summed E-state index contributed by atoms with van der Waals surface area (Å²) in [6.45, 7) is 1.56. The first-order chi connectivity index (χ1) is 5.44. The van der Waals surface area contributed by atoms with E-state index in [1.54, 1.807) is 6.92 Å². The second-order valence-electron chi connectivity index (χ2n) is 3.77. The zero-order valence-corrected chi connectivity index (χ0v) is 7.14. The second-order valence-corrected chi connectivity index (χ2v) is 3.77. The summed E-state index contributed by atoms with van der Waals surface area (Å²) in [6, 6.07) is 0. The molecule has 0 aromatic carbocycles. The zero-order chi connectivity index (χ0) is 9.35. The normalized spacial score (nSPS) is 40.2. The van der Waals surface area contributed by atoms with Crippen LogP contribution in [0.25, 0.3) is 0 Å². The first-order valence-corrected chi connectivity index (χ1v) is 4.20. The third-order valence-corrected chi connectivity index (χ3v) is 2.36. The lowest BCUT2D eigenvalue weighted by Gasteiger charge is -2.44. The third-order valence-electron chi connectivity index (χ3n) is 2.36. The van der Waals surface area contributed by atoms with E-state index < -0.39 is 23.9 Å². The van der Waals surface area contributed by atoms with Crippen LogP contribution in [0, 0.1) is 0 Å². The zero-order valence-electron chi connectivity index (χ0n) is 7.14. The molecule has 1 aliphatic carbocycles. The van der Waals surface area contributed by atoms with Crippen LogP contribution in [0.3, 0.4) is 0 Å². The van der Waals surface area contributed by atoms with E-state index in [4.69, 9.17) is 10.2 Å². The molecular formula is C8H16O4. The Bertz CT molecular complexity index is 151. The molecule has 0 heterocycles. The number of rotatable bonds is 3. The van der Waals surface area contributed by atoms with Gasteiger partial charge in [0.25, 0.3) is 0 Å². The van der Waals surface area contributed by atoms with Gasteiger partial charge in [-0.25, -0.2) is 0 Å². The SMILES string of the molecule is CC(O)CC(O)C1(O)CC(O)C1. The standard InChI is InChI=1S/C8H16O4/c1-5(9)2-7(11)8(12)3-6(10)4-8/h5-7,9-12H,2-4H2,1H3. The van der Waals surface area contributed by atoms with Crippen molar-refractivity contribution in [3.8, 4) is 0 Å². The van der Waals surface area contributed by atoms with Crippen molar-refractivity contribution in [2.75, 3.05) is 0 Å². The minimum atomic E-state index is -1.17. The van der Waals surface area contributed by atoms with Crippen molar-refractivity contribution in [2.24, 2.45) is 0 Å². The Labute approximate surface area is 71.5 Å². The van der Waals surface area contributed by atoms with E-state index in [0.717, 1.165) is 0 Å². The van der Waals surface area contributed by atoms with E-state index in [9.17, 15) is 10.2 Å². The molecule has 4 heteroatoms. The molecule has 12 heavy (non-hydrogen) atoms. The highest BCUT2D eigenvalue weighted by Crippen LogP contribution is 2.36. The highest BCUT2D eigenvalue weighted by atomic mass is 16.4. The highest BCUT2D eigenvalue weighted by Gasteiger charge is 2.47. The van der Waals surface area contributed by atoms with Gasteiger partial charge in [0.1, 0.15) is 0 Å². The van der Waals surface area contributed by atoms with Crippen molar-refractivity contribution in [3.63, 3.8) is 0 Å². The lowest BCUT2D eigenvalue weighted by Crippen LogP contribution is -2.56. The van der Waals surface area contributed by atoms with Gasteiger partial charge in [0.05, 0.1) is 23.9 Å². The Morgan fingerprint density at radius 1 is 1.42 bits per heavy atom. The lowest BCUT2D eigenvalue weighted by molar-refractivity contribution is -0.181. The highest BCUT2D eigenvalue weighted by molar-refractivity contribution is 4.99. The predicted molar refractivity (Wildman–Crippen MR) is 42.5 cm³/mol. The van der Waals surface area contributed by atoms with Crippen LogP contribution in [0.15, 0.2) is 0 Å². The molecule has 1 aliphatic rings. The topological polar surface area (TPSA) is 80.9 Å². The monoisotopic (exact) mass is 176 g/mol. The Balaban J connectivity index is 2.37. The molecule has 1 saturated carbocycles. The molecule has 0 aliphatic heterocycles. The van der Waals surface area contributed by atoms with Gasteiger partial charge in [0.2, 0.25) is 0 Å². The van der Waals surface area contributed by atoms with Crippen LogP contribution in [0.1, 0.15) is 26.2 Å². The van der Waals surface area contributed by atoms with Crippen LogP contribution in [-0.2, 0) is 0 Å². The Morgan fingerprint density at radius 3 is 2.25 bits per heavy atom. The van der Waals surface area contributed by atoms with E-state index in [-0.39, 0.29) is 19.3 Å². The average molecular weight is 176 g/mol. The van der Waals surface area contributed by atoms with Gasteiger partial charge in [0.15, 0.2) is 0 Å². The minimum Gasteiger partial charge on any atom is -0.393 e. The van der Waals surface area contributed by atoms with Crippen molar-refractivity contribution < 1.29 is 20.4 Å². The van der Waals surface area contributed by atoms with Gasteiger partial charge in [-0.05, 0) is 6.92 Å². The number of aliphatic hydroxyl groups excluding tert-OH is 3. The summed E-state index contributed by atoms with van der Waals surface area (Å²) < 4.78 is 0. The maximum Gasteiger partial charge on any atom is 0.0955 e. The van der Waals surface area contributed by atoms with Crippen molar-refractivity contribution >= 4 is 0 Å². The molecule has 1 rings (SSSR count). The summed E-state index contributed by atoms with van der Waals surface area (Å²) >= 11 is 0. The molecule has 0 saturated heterocycles. The maximum absolute atomic E-state index is 9.58. The van der Waals surface area contributed by atoms with Crippen molar-refractivity contribution in [3.05, 3.63) is 0 Å². The molecule has 4 N–H and O–H groups in total. The molecule has 1 fully saturated rings. The molecule has 0 radical (unpaired) electrons. The van der Waals surface area contributed by atoms with Crippen LogP contribution in [0.5, 0.6) is 0 Å². The molecule has 4 nitrogen and oxygen atoms in total. The van der Waals surface area contributed by atoms with Gasteiger partial charge in [0, 0.05) is 19.3 Å². The van der Waals surface area contributed by atoms with Crippen molar-refractivity contribution in [2.45, 2.75) is 50.1 Å². The van der Waals surface area contributed by atoms with Crippen LogP contribution in [-0.4, -0.2) is 44.3 Å². The summed E-state index contributed by atoms with van der Waals surface area (Å²) in [6.07, 6.45) is -1.48. The molecule has 0 aromatic heterocycles. The van der Waals surface area contributed by atoms with Crippen molar-refractivity contribution in [1.29, 1.82) is 0 Å². The summed E-state index contributed by atoms with van der Waals surface area (Å²) in [4.78, 5) is 0. The fraction of sp³-hybridized carbons (Fsp3) is 1.00. The van der Waals surface area contributed by atoms with Gasteiger partial charge in [-0.15, -0.1) is 0 Å². The largest absolute Gasteiger partial charge is 0.393 e. The number of hydrogen-bond acceptors (Lipinski definition) is 4. The van der Waals surface area contributed by atoms with E-state index >= 15 is 0 Å². The molecule has 0 bridgehead atoms. The van der Waals surface area contributed by atoms with Crippen LogP contribution in [0.2, 0.25) is 0 Å². The first kappa shape index (κ1) is 9.92. The first-order valence-electron chi connectivity index (χ1n) is 4.20. The molecule has 0 amide bonds. The van der Waals surface area contributed by atoms with Crippen molar-refractivity contribution in [1.82, 2.24) is 0 Å². The average Bonchev–Trinajstić information content (AvgIpc) is 1.82. The summed E-state index contributed by atoms with van der Waals surface area (Å²) in [5.74, 6) is 0. The third kappa shape index (κ3) is 1.95. The molecule has 0 spiro atoms. The quantitative estimate of drug-likeness (QED) is 0.445. The van der Waals surface area contributed by atoms with E-state index in [2.05, 4.69) is 0 Å². The van der Waals surface area contributed by atoms with E-state index in [1.165, 1.54) is 0 Å². The van der Waals surface area contributed by atoms with Crippen LogP contribution < -0.4 is 0 Å². The summed E-state index contributed by atoms with van der Waals surface area (Å²) in [5, 5.41) is 36.8. The number of aliphatic hydroxyl groups is 4. The summed E-state index contributed by atoms with van der Waals surface area (Å²) in [5.41, 5.74) is -1.17. The Kier molecular flexibility index (Phi) is 2.73. The fourth-order valence-corrected chi connectivity index (χ4v) is 1.57. The van der Waals surface area contributed by atoms with E-state index in [0.29, 0.717) is 0 Å². The molecule has 0 aromatic rings. The van der Waals surface area contributed by atoms with Crippen LogP contribution in [0.4, 0.5) is 0 Å². The van der Waals surface area contributed by atoms with Gasteiger partial charge in [-0.2, -0.15) is 0 Å². The molecule has 72 valence electrons. The lowest BCUT2D eigenvalue weighted by atomic mass is 9.72. The summed E-state index contributed by atoms with van der Waals surface area (Å²) in [7, 11) is 0. The predicted octanol–water partition coefficient (Wildman–Crippen LogP) is -0.996. The van der Waals surface area contributed by atoms with Gasteiger partial charge in [-0.3, -0.25) is 0 Å². The maximum atomic E-state index is 9.58. The molecule has 2 unspecified atom stereocenters.